The number of carbonyl (C=O) groups excluding carboxylic acids is 2. The largest absolute Gasteiger partial charge is 0.478 e. The van der Waals surface area contributed by atoms with Gasteiger partial charge in [0.2, 0.25) is 0 Å². The number of amides is 2. The molecule has 6 nitrogen and oxygen atoms in total. The minimum absolute atomic E-state index is 0.127. The zero-order valence-corrected chi connectivity index (χ0v) is 13.4. The Hall–Kier alpha value is -3.15. The molecule has 0 saturated carbocycles. The van der Waals surface area contributed by atoms with Crippen LogP contribution in [0.4, 0.5) is 5.69 Å². The van der Waals surface area contributed by atoms with Gasteiger partial charge >= 0.3 is 5.97 Å². The number of benzene rings is 2. The van der Waals surface area contributed by atoms with Crippen LogP contribution in [-0.2, 0) is 6.42 Å². The molecular formula is C19H16N2O4. The minimum Gasteiger partial charge on any atom is -0.478 e. The van der Waals surface area contributed by atoms with Crippen molar-refractivity contribution in [3.05, 3.63) is 64.7 Å². The number of imide groups is 1. The van der Waals surface area contributed by atoms with E-state index in [1.54, 1.807) is 36.4 Å². The molecule has 0 atom stereocenters. The number of nitrogens with zero attached hydrogens (tertiary/aromatic N) is 2. The van der Waals surface area contributed by atoms with Crippen LogP contribution in [0.2, 0.25) is 0 Å². The average molecular weight is 336 g/mol. The molecule has 0 aliphatic carbocycles. The summed E-state index contributed by atoms with van der Waals surface area (Å²) in [4.78, 5) is 39.7. The predicted octanol–water partition coefficient (Wildman–Crippen LogP) is 2.39. The van der Waals surface area contributed by atoms with Crippen LogP contribution in [0, 0.1) is 0 Å². The van der Waals surface area contributed by atoms with Gasteiger partial charge in [0.15, 0.2) is 0 Å². The lowest BCUT2D eigenvalue weighted by atomic mass is 9.96. The van der Waals surface area contributed by atoms with E-state index in [-0.39, 0.29) is 24.0 Å². The Kier molecular flexibility index (Phi) is 3.53. The van der Waals surface area contributed by atoms with Crippen molar-refractivity contribution in [2.75, 3.05) is 18.1 Å². The predicted molar refractivity (Wildman–Crippen MR) is 90.9 cm³/mol. The first-order valence-corrected chi connectivity index (χ1v) is 8.13. The van der Waals surface area contributed by atoms with E-state index in [0.29, 0.717) is 24.1 Å². The van der Waals surface area contributed by atoms with Crippen molar-refractivity contribution < 1.29 is 19.5 Å². The van der Waals surface area contributed by atoms with E-state index in [2.05, 4.69) is 0 Å². The zero-order chi connectivity index (χ0) is 17.6. The van der Waals surface area contributed by atoms with Crippen molar-refractivity contribution in [2.24, 2.45) is 0 Å². The van der Waals surface area contributed by atoms with Gasteiger partial charge in [0.05, 0.1) is 16.7 Å². The second-order valence-corrected chi connectivity index (χ2v) is 6.20. The van der Waals surface area contributed by atoms with Crippen LogP contribution in [0.3, 0.4) is 0 Å². The minimum atomic E-state index is -0.959. The molecule has 2 aromatic rings. The fourth-order valence-corrected chi connectivity index (χ4v) is 3.59. The summed E-state index contributed by atoms with van der Waals surface area (Å²) in [7, 11) is 0. The van der Waals surface area contributed by atoms with Gasteiger partial charge < -0.3 is 10.0 Å². The second-order valence-electron chi connectivity index (χ2n) is 6.20. The van der Waals surface area contributed by atoms with E-state index in [4.69, 9.17) is 0 Å². The third kappa shape index (κ3) is 2.38. The molecule has 0 radical (unpaired) electrons. The molecule has 0 aromatic heterocycles. The number of rotatable bonds is 3. The third-order valence-corrected chi connectivity index (χ3v) is 4.77. The molecule has 0 fully saturated rings. The summed E-state index contributed by atoms with van der Waals surface area (Å²) in [6.07, 6.45) is 1.46. The molecule has 0 saturated heterocycles. The van der Waals surface area contributed by atoms with Gasteiger partial charge in [-0.1, -0.05) is 18.2 Å². The van der Waals surface area contributed by atoms with Crippen LogP contribution in [0.15, 0.2) is 42.5 Å². The summed E-state index contributed by atoms with van der Waals surface area (Å²) in [5.41, 5.74) is 2.66. The number of carboxylic acids is 1. The molecule has 126 valence electrons. The van der Waals surface area contributed by atoms with E-state index in [1.165, 1.54) is 4.90 Å². The molecule has 2 aliphatic rings. The standard InChI is InChI=1S/C19H16N2O4/c22-17-13-5-1-2-6-14(13)18(23)21(17)11-20-10-4-8-12-15(19(24)25)7-3-9-16(12)20/h1-3,5-7,9H,4,8,10-11H2,(H,24,25). The summed E-state index contributed by atoms with van der Waals surface area (Å²) in [5, 5.41) is 9.38. The van der Waals surface area contributed by atoms with Crippen LogP contribution in [0.1, 0.15) is 43.1 Å². The number of anilines is 1. The fraction of sp³-hybridized carbons (Fsp3) is 0.211. The number of carboxylic acid groups (broad SMARTS) is 1. The van der Waals surface area contributed by atoms with E-state index in [1.807, 2.05) is 11.0 Å². The van der Waals surface area contributed by atoms with Crippen molar-refractivity contribution in [3.8, 4) is 0 Å². The van der Waals surface area contributed by atoms with Gasteiger partial charge in [-0.2, -0.15) is 0 Å². The van der Waals surface area contributed by atoms with E-state index in [9.17, 15) is 19.5 Å². The average Bonchev–Trinajstić information content (AvgIpc) is 2.87. The van der Waals surface area contributed by atoms with Crippen molar-refractivity contribution >= 4 is 23.5 Å². The second kappa shape index (κ2) is 5.73. The smallest absolute Gasteiger partial charge is 0.336 e. The van der Waals surface area contributed by atoms with Crippen molar-refractivity contribution in [3.63, 3.8) is 0 Å². The Morgan fingerprint density at radius 1 is 1.00 bits per heavy atom. The third-order valence-electron chi connectivity index (χ3n) is 4.77. The molecule has 6 heteroatoms. The highest BCUT2D eigenvalue weighted by molar-refractivity contribution is 6.21. The highest BCUT2D eigenvalue weighted by Crippen LogP contribution is 2.31. The lowest BCUT2D eigenvalue weighted by Crippen LogP contribution is -2.43. The van der Waals surface area contributed by atoms with Crippen molar-refractivity contribution in [1.82, 2.24) is 4.90 Å². The number of carbonyl (C=O) groups is 3. The van der Waals surface area contributed by atoms with Gasteiger partial charge in [-0.05, 0) is 42.7 Å². The first kappa shape index (κ1) is 15.4. The van der Waals surface area contributed by atoms with Gasteiger partial charge in [0, 0.05) is 12.2 Å². The highest BCUT2D eigenvalue weighted by atomic mass is 16.4. The van der Waals surface area contributed by atoms with Crippen LogP contribution in [-0.4, -0.2) is 41.0 Å². The normalized spacial score (nSPS) is 16.0. The Bertz CT molecular complexity index is 871. The van der Waals surface area contributed by atoms with Crippen LogP contribution < -0.4 is 4.90 Å². The Balaban J connectivity index is 1.66. The Morgan fingerprint density at radius 3 is 2.32 bits per heavy atom. The zero-order valence-electron chi connectivity index (χ0n) is 13.4. The number of aromatic carboxylic acids is 1. The number of hydrogen-bond donors (Lipinski definition) is 1. The molecule has 1 N–H and O–H groups in total. The van der Waals surface area contributed by atoms with Gasteiger partial charge in [0.25, 0.3) is 11.8 Å². The fourth-order valence-electron chi connectivity index (χ4n) is 3.59. The van der Waals surface area contributed by atoms with Crippen LogP contribution in [0.25, 0.3) is 0 Å². The summed E-state index contributed by atoms with van der Waals surface area (Å²) >= 11 is 0. The molecule has 0 unspecified atom stereocenters. The summed E-state index contributed by atoms with van der Waals surface area (Å²) in [6.45, 7) is 0.798. The maximum Gasteiger partial charge on any atom is 0.336 e. The highest BCUT2D eigenvalue weighted by Gasteiger charge is 2.36. The quantitative estimate of drug-likeness (QED) is 0.871. The van der Waals surface area contributed by atoms with E-state index < -0.39 is 5.97 Å². The molecule has 0 bridgehead atoms. The van der Waals surface area contributed by atoms with Crippen molar-refractivity contribution in [1.29, 1.82) is 0 Å². The lowest BCUT2D eigenvalue weighted by molar-refractivity contribution is 0.0648. The van der Waals surface area contributed by atoms with Gasteiger partial charge in [-0.3, -0.25) is 14.5 Å². The monoisotopic (exact) mass is 336 g/mol. The molecule has 0 spiro atoms. The molecule has 2 aliphatic heterocycles. The Labute approximate surface area is 144 Å². The topological polar surface area (TPSA) is 77.9 Å². The molecular weight excluding hydrogens is 320 g/mol. The molecule has 4 rings (SSSR count). The molecule has 2 aromatic carbocycles. The lowest BCUT2D eigenvalue weighted by Gasteiger charge is -2.34. The SMILES string of the molecule is O=C(O)c1cccc2c1CCCN2CN1C(=O)c2ccccc2C1=O. The Morgan fingerprint density at radius 2 is 1.68 bits per heavy atom. The first-order valence-electron chi connectivity index (χ1n) is 8.13. The maximum absolute atomic E-state index is 12.6. The number of hydrogen-bond acceptors (Lipinski definition) is 4. The van der Waals surface area contributed by atoms with E-state index >= 15 is 0 Å². The maximum atomic E-state index is 12.6. The molecule has 2 heterocycles. The summed E-state index contributed by atoms with van der Waals surface area (Å²) in [5.74, 6) is -1.57. The molecule has 2 amide bonds. The summed E-state index contributed by atoms with van der Waals surface area (Å²) in [6, 6.07) is 11.9. The first-order chi connectivity index (χ1) is 12.1. The van der Waals surface area contributed by atoms with Crippen LogP contribution >= 0.6 is 0 Å². The number of fused-ring (bicyclic) bond motifs is 2. The van der Waals surface area contributed by atoms with Gasteiger partial charge in [0.1, 0.15) is 6.67 Å². The van der Waals surface area contributed by atoms with Crippen LogP contribution in [0.5, 0.6) is 0 Å². The summed E-state index contributed by atoms with van der Waals surface area (Å²) < 4.78 is 0. The molecule has 25 heavy (non-hydrogen) atoms. The van der Waals surface area contributed by atoms with Gasteiger partial charge in [-0.15, -0.1) is 0 Å². The van der Waals surface area contributed by atoms with Crippen molar-refractivity contribution in [2.45, 2.75) is 12.8 Å². The van der Waals surface area contributed by atoms with Gasteiger partial charge in [-0.25, -0.2) is 4.79 Å². The van der Waals surface area contributed by atoms with E-state index in [0.717, 1.165) is 17.7 Å².